The molecule has 2 aromatic rings. The first-order valence-electron chi connectivity index (χ1n) is 8.19. The van der Waals surface area contributed by atoms with Gasteiger partial charge in [0, 0.05) is 12.1 Å². The summed E-state index contributed by atoms with van der Waals surface area (Å²) in [5, 5.41) is 14.3. The van der Waals surface area contributed by atoms with Crippen molar-refractivity contribution in [3.63, 3.8) is 0 Å². The molecule has 0 saturated carbocycles. The van der Waals surface area contributed by atoms with Crippen LogP contribution in [0.1, 0.15) is 25.3 Å². The molecule has 0 unspecified atom stereocenters. The lowest BCUT2D eigenvalue weighted by atomic mass is 10.1. The number of hydrogen-bond acceptors (Lipinski definition) is 3. The molecule has 2 aromatic carbocycles. The number of para-hydroxylation sites is 2. The lowest BCUT2D eigenvalue weighted by molar-refractivity contribution is -0.136. The second-order valence-electron chi connectivity index (χ2n) is 5.52. The third-order valence-corrected chi connectivity index (χ3v) is 3.41. The predicted octanol–water partition coefficient (Wildman–Crippen LogP) is 4.14. The number of carbonyl (C=O) groups excluding carboxylic acids is 1. The van der Waals surface area contributed by atoms with E-state index in [0.29, 0.717) is 30.2 Å². The summed E-state index contributed by atoms with van der Waals surface area (Å²) in [7, 11) is 0. The smallest absolute Gasteiger partial charge is 0.323 e. The highest BCUT2D eigenvalue weighted by molar-refractivity contribution is 6.00. The van der Waals surface area contributed by atoms with Crippen molar-refractivity contribution in [3.05, 3.63) is 54.1 Å². The van der Waals surface area contributed by atoms with Crippen LogP contribution in [0.3, 0.4) is 0 Å². The highest BCUT2D eigenvalue weighted by Crippen LogP contribution is 2.24. The molecule has 0 saturated heterocycles. The second kappa shape index (κ2) is 9.32. The highest BCUT2D eigenvalue weighted by Gasteiger charge is 2.08. The number of aryl methyl sites for hydroxylation is 1. The standard InChI is InChI=1S/C19H22N2O4/c1-2-12-25-17-9-4-3-8-16(17)21-19(24)20-15-7-5-6-14(13-15)10-11-18(22)23/h3-9,13H,2,10-12H2,1H3,(H,22,23)(H2,20,21,24). The Morgan fingerprint density at radius 2 is 1.88 bits per heavy atom. The predicted molar refractivity (Wildman–Crippen MR) is 97.3 cm³/mol. The summed E-state index contributed by atoms with van der Waals surface area (Å²) < 4.78 is 5.61. The normalized spacial score (nSPS) is 10.1. The Hall–Kier alpha value is -3.02. The maximum atomic E-state index is 12.2. The molecule has 0 aliphatic heterocycles. The van der Waals surface area contributed by atoms with Crippen molar-refractivity contribution in [1.82, 2.24) is 0 Å². The van der Waals surface area contributed by atoms with E-state index in [1.165, 1.54) is 0 Å². The van der Waals surface area contributed by atoms with Crippen molar-refractivity contribution < 1.29 is 19.4 Å². The Morgan fingerprint density at radius 1 is 1.08 bits per heavy atom. The van der Waals surface area contributed by atoms with E-state index < -0.39 is 5.97 Å². The summed E-state index contributed by atoms with van der Waals surface area (Å²) in [5.41, 5.74) is 2.05. The number of benzene rings is 2. The molecule has 2 amide bonds. The van der Waals surface area contributed by atoms with Gasteiger partial charge in [0.1, 0.15) is 5.75 Å². The quantitative estimate of drug-likeness (QED) is 0.673. The number of amides is 2. The van der Waals surface area contributed by atoms with E-state index in [0.717, 1.165) is 12.0 Å². The summed E-state index contributed by atoms with van der Waals surface area (Å²) in [6.45, 7) is 2.59. The largest absolute Gasteiger partial charge is 0.491 e. The van der Waals surface area contributed by atoms with Gasteiger partial charge in [-0.2, -0.15) is 0 Å². The van der Waals surface area contributed by atoms with Crippen LogP contribution in [-0.2, 0) is 11.2 Å². The Bertz CT molecular complexity index is 731. The molecule has 0 aromatic heterocycles. The van der Waals surface area contributed by atoms with Crippen LogP contribution >= 0.6 is 0 Å². The third kappa shape index (κ3) is 6.18. The van der Waals surface area contributed by atoms with Gasteiger partial charge in [-0.05, 0) is 42.7 Å². The van der Waals surface area contributed by atoms with Gasteiger partial charge < -0.3 is 20.5 Å². The Morgan fingerprint density at radius 3 is 2.64 bits per heavy atom. The van der Waals surface area contributed by atoms with Crippen LogP contribution in [0.25, 0.3) is 0 Å². The van der Waals surface area contributed by atoms with Crippen molar-refractivity contribution in [2.75, 3.05) is 17.2 Å². The molecule has 0 aliphatic rings. The van der Waals surface area contributed by atoms with Crippen LogP contribution in [0.15, 0.2) is 48.5 Å². The lowest BCUT2D eigenvalue weighted by Crippen LogP contribution is -2.20. The van der Waals surface area contributed by atoms with E-state index in [1.807, 2.05) is 25.1 Å². The molecule has 0 radical (unpaired) electrons. The van der Waals surface area contributed by atoms with Gasteiger partial charge in [-0.25, -0.2) is 4.79 Å². The Balaban J connectivity index is 1.98. The molecule has 132 valence electrons. The van der Waals surface area contributed by atoms with Gasteiger partial charge in [-0.3, -0.25) is 4.79 Å². The van der Waals surface area contributed by atoms with Gasteiger partial charge in [0.15, 0.2) is 0 Å². The number of nitrogens with one attached hydrogen (secondary N) is 2. The van der Waals surface area contributed by atoms with Crippen LogP contribution < -0.4 is 15.4 Å². The van der Waals surface area contributed by atoms with Gasteiger partial charge in [0.05, 0.1) is 12.3 Å². The van der Waals surface area contributed by atoms with E-state index in [4.69, 9.17) is 9.84 Å². The van der Waals surface area contributed by atoms with Gasteiger partial charge in [-0.1, -0.05) is 31.2 Å². The molecular formula is C19H22N2O4. The number of carbonyl (C=O) groups is 2. The van der Waals surface area contributed by atoms with Gasteiger partial charge >= 0.3 is 12.0 Å². The SMILES string of the molecule is CCCOc1ccccc1NC(=O)Nc1cccc(CCC(=O)O)c1. The lowest BCUT2D eigenvalue weighted by Gasteiger charge is -2.13. The molecule has 0 aliphatic carbocycles. The summed E-state index contributed by atoms with van der Waals surface area (Å²) in [6, 6.07) is 14.0. The molecule has 0 spiro atoms. The van der Waals surface area contributed by atoms with Crippen LogP contribution in [0.4, 0.5) is 16.2 Å². The van der Waals surface area contributed by atoms with Crippen LogP contribution in [0.2, 0.25) is 0 Å². The zero-order valence-corrected chi connectivity index (χ0v) is 14.1. The van der Waals surface area contributed by atoms with Crippen LogP contribution in [0.5, 0.6) is 5.75 Å². The van der Waals surface area contributed by atoms with E-state index in [2.05, 4.69) is 10.6 Å². The topological polar surface area (TPSA) is 87.7 Å². The molecule has 6 nitrogen and oxygen atoms in total. The average Bonchev–Trinajstić information content (AvgIpc) is 2.59. The Kier molecular flexibility index (Phi) is 6.83. The fourth-order valence-corrected chi connectivity index (χ4v) is 2.25. The number of ether oxygens (including phenoxy) is 1. The Labute approximate surface area is 146 Å². The number of aliphatic carboxylic acids is 1. The maximum absolute atomic E-state index is 12.2. The van der Waals surface area contributed by atoms with Crippen molar-refractivity contribution >= 4 is 23.4 Å². The van der Waals surface area contributed by atoms with Crippen molar-refractivity contribution in [3.8, 4) is 5.75 Å². The minimum absolute atomic E-state index is 0.0534. The fourth-order valence-electron chi connectivity index (χ4n) is 2.25. The number of rotatable bonds is 8. The molecule has 0 bridgehead atoms. The molecule has 25 heavy (non-hydrogen) atoms. The van der Waals surface area contributed by atoms with E-state index in [-0.39, 0.29) is 12.5 Å². The minimum atomic E-state index is -0.847. The summed E-state index contributed by atoms with van der Waals surface area (Å²) >= 11 is 0. The molecular weight excluding hydrogens is 320 g/mol. The van der Waals surface area contributed by atoms with E-state index in [9.17, 15) is 9.59 Å². The van der Waals surface area contributed by atoms with Crippen molar-refractivity contribution in [2.45, 2.75) is 26.2 Å². The van der Waals surface area contributed by atoms with Crippen LogP contribution in [-0.4, -0.2) is 23.7 Å². The van der Waals surface area contributed by atoms with Gasteiger partial charge in [0.2, 0.25) is 0 Å². The molecule has 3 N–H and O–H groups in total. The first-order chi connectivity index (χ1) is 12.1. The molecule has 6 heteroatoms. The molecule has 2 rings (SSSR count). The summed E-state index contributed by atoms with van der Waals surface area (Å²) in [6.07, 6.45) is 1.35. The first-order valence-corrected chi connectivity index (χ1v) is 8.19. The number of anilines is 2. The number of carboxylic acids is 1. The van der Waals surface area contributed by atoms with Crippen molar-refractivity contribution in [2.24, 2.45) is 0 Å². The second-order valence-corrected chi connectivity index (χ2v) is 5.52. The number of hydrogen-bond donors (Lipinski definition) is 3. The zero-order valence-electron chi connectivity index (χ0n) is 14.1. The fraction of sp³-hybridized carbons (Fsp3) is 0.263. The average molecular weight is 342 g/mol. The van der Waals surface area contributed by atoms with E-state index >= 15 is 0 Å². The van der Waals surface area contributed by atoms with Gasteiger partial charge in [-0.15, -0.1) is 0 Å². The van der Waals surface area contributed by atoms with Gasteiger partial charge in [0.25, 0.3) is 0 Å². The number of carboxylic acid groups (broad SMARTS) is 1. The van der Waals surface area contributed by atoms with E-state index in [1.54, 1.807) is 30.3 Å². The molecule has 0 fully saturated rings. The monoisotopic (exact) mass is 342 g/mol. The molecule has 0 atom stereocenters. The maximum Gasteiger partial charge on any atom is 0.323 e. The first kappa shape index (κ1) is 18.3. The molecule has 0 heterocycles. The third-order valence-electron chi connectivity index (χ3n) is 3.41. The minimum Gasteiger partial charge on any atom is -0.491 e. The summed E-state index contributed by atoms with van der Waals surface area (Å²) in [5.74, 6) is -0.227. The highest BCUT2D eigenvalue weighted by atomic mass is 16.5. The van der Waals surface area contributed by atoms with Crippen LogP contribution in [0, 0.1) is 0 Å². The summed E-state index contributed by atoms with van der Waals surface area (Å²) in [4.78, 5) is 22.9. The zero-order chi connectivity index (χ0) is 18.1. The number of urea groups is 1. The van der Waals surface area contributed by atoms with Crippen molar-refractivity contribution in [1.29, 1.82) is 0 Å².